The van der Waals surface area contributed by atoms with E-state index in [0.717, 1.165) is 44.1 Å². The molecule has 2 aliphatic heterocycles. The third kappa shape index (κ3) is 5.30. The minimum atomic E-state index is -0.231. The number of rotatable bonds is 4. The van der Waals surface area contributed by atoms with Crippen LogP contribution in [0.4, 0.5) is 0 Å². The second-order valence-corrected chi connectivity index (χ2v) is 5.97. The number of carbonyl (C=O) groups excluding carboxylic acids is 1. The number of nitrogens with one attached hydrogen (secondary N) is 1. The van der Waals surface area contributed by atoms with E-state index in [1.54, 1.807) is 6.26 Å². The Morgan fingerprint density at radius 1 is 1.36 bits per heavy atom. The fourth-order valence-electron chi connectivity index (χ4n) is 3.02. The smallest absolute Gasteiger partial charge is 0.251 e. The van der Waals surface area contributed by atoms with E-state index in [4.69, 9.17) is 9.26 Å². The molecule has 2 saturated heterocycles. The number of aromatic nitrogens is 1. The molecular weight excluding hydrogens is 437 g/mol. The summed E-state index contributed by atoms with van der Waals surface area (Å²) in [5, 5.41) is 7.18. The van der Waals surface area contributed by atoms with Gasteiger partial charge in [0.05, 0.1) is 6.54 Å². The lowest BCUT2D eigenvalue weighted by molar-refractivity contribution is -0.142. The summed E-state index contributed by atoms with van der Waals surface area (Å²) in [7, 11) is 0. The maximum atomic E-state index is 12.4. The number of aliphatic imine (C=N–C) groups is 1. The van der Waals surface area contributed by atoms with Gasteiger partial charge < -0.3 is 24.4 Å². The van der Waals surface area contributed by atoms with Crippen molar-refractivity contribution in [2.75, 3.05) is 39.3 Å². The van der Waals surface area contributed by atoms with Crippen LogP contribution >= 0.6 is 24.0 Å². The highest BCUT2D eigenvalue weighted by atomic mass is 127. The van der Waals surface area contributed by atoms with Crippen LogP contribution in [0.15, 0.2) is 21.8 Å². The normalized spacial score (nSPS) is 21.2. The molecule has 0 bridgehead atoms. The van der Waals surface area contributed by atoms with Gasteiger partial charge in [-0.1, -0.05) is 5.16 Å². The fraction of sp³-hybridized carbons (Fsp3) is 0.688. The van der Waals surface area contributed by atoms with E-state index in [2.05, 4.69) is 20.4 Å². The molecule has 2 aliphatic rings. The van der Waals surface area contributed by atoms with E-state index >= 15 is 0 Å². The van der Waals surface area contributed by atoms with Gasteiger partial charge in [0.25, 0.3) is 5.91 Å². The third-order valence-electron chi connectivity index (χ3n) is 4.31. The summed E-state index contributed by atoms with van der Waals surface area (Å²) in [5.41, 5.74) is 0.803. The monoisotopic (exact) mass is 463 g/mol. The Hall–Kier alpha value is -1.36. The SMILES string of the molecule is CCNC(=NCc1ccon1)N1CCN(C(=O)C2CCCO2)CC1.I. The van der Waals surface area contributed by atoms with Crippen LogP contribution in [0.5, 0.6) is 0 Å². The number of halogens is 1. The molecule has 1 aromatic heterocycles. The Kier molecular flexibility index (Phi) is 7.94. The molecule has 140 valence electrons. The molecule has 9 heteroatoms. The van der Waals surface area contributed by atoms with E-state index in [0.29, 0.717) is 26.2 Å². The van der Waals surface area contributed by atoms with Crippen molar-refractivity contribution in [3.05, 3.63) is 18.0 Å². The summed E-state index contributed by atoms with van der Waals surface area (Å²) in [6, 6.07) is 1.81. The van der Waals surface area contributed by atoms with E-state index in [1.807, 2.05) is 17.9 Å². The highest BCUT2D eigenvalue weighted by Crippen LogP contribution is 2.16. The van der Waals surface area contributed by atoms with Crippen LogP contribution in [-0.4, -0.2) is 72.3 Å². The average Bonchev–Trinajstić information content (AvgIpc) is 3.31. The summed E-state index contributed by atoms with van der Waals surface area (Å²) in [6.45, 7) is 6.96. The predicted molar refractivity (Wildman–Crippen MR) is 104 cm³/mol. The van der Waals surface area contributed by atoms with Crippen LogP contribution in [-0.2, 0) is 16.1 Å². The van der Waals surface area contributed by atoms with Gasteiger partial charge in [0.2, 0.25) is 0 Å². The molecule has 0 saturated carbocycles. The van der Waals surface area contributed by atoms with E-state index < -0.39 is 0 Å². The molecule has 3 rings (SSSR count). The second kappa shape index (κ2) is 9.95. The van der Waals surface area contributed by atoms with Gasteiger partial charge in [0.1, 0.15) is 18.1 Å². The number of ether oxygens (including phenoxy) is 1. The molecule has 25 heavy (non-hydrogen) atoms. The number of piperazine rings is 1. The molecule has 1 N–H and O–H groups in total. The van der Waals surface area contributed by atoms with Crippen molar-refractivity contribution in [3.8, 4) is 0 Å². The van der Waals surface area contributed by atoms with Crippen molar-refractivity contribution in [1.29, 1.82) is 0 Å². The number of guanidine groups is 1. The fourth-order valence-corrected chi connectivity index (χ4v) is 3.02. The topological polar surface area (TPSA) is 83.2 Å². The maximum Gasteiger partial charge on any atom is 0.251 e. The Bertz CT molecular complexity index is 552. The van der Waals surface area contributed by atoms with Gasteiger partial charge in [-0.05, 0) is 19.8 Å². The van der Waals surface area contributed by atoms with E-state index in [9.17, 15) is 4.79 Å². The quantitative estimate of drug-likeness (QED) is 0.409. The Labute approximate surface area is 165 Å². The van der Waals surface area contributed by atoms with Gasteiger partial charge in [0, 0.05) is 45.4 Å². The van der Waals surface area contributed by atoms with Crippen molar-refractivity contribution in [2.24, 2.45) is 4.99 Å². The van der Waals surface area contributed by atoms with Crippen molar-refractivity contribution < 1.29 is 14.1 Å². The minimum Gasteiger partial charge on any atom is -0.368 e. The number of amides is 1. The third-order valence-corrected chi connectivity index (χ3v) is 4.31. The van der Waals surface area contributed by atoms with Crippen LogP contribution in [0, 0.1) is 0 Å². The van der Waals surface area contributed by atoms with Crippen LogP contribution in [0.2, 0.25) is 0 Å². The van der Waals surface area contributed by atoms with Crippen LogP contribution in [0.25, 0.3) is 0 Å². The van der Waals surface area contributed by atoms with Crippen molar-refractivity contribution in [1.82, 2.24) is 20.3 Å². The van der Waals surface area contributed by atoms with Crippen molar-refractivity contribution in [3.63, 3.8) is 0 Å². The molecule has 1 unspecified atom stereocenters. The lowest BCUT2D eigenvalue weighted by Crippen LogP contribution is -2.55. The first-order valence-corrected chi connectivity index (χ1v) is 8.61. The molecule has 8 nitrogen and oxygen atoms in total. The first kappa shape index (κ1) is 20.0. The van der Waals surface area contributed by atoms with Crippen molar-refractivity contribution >= 4 is 35.8 Å². The summed E-state index contributed by atoms with van der Waals surface area (Å²) in [6.07, 6.45) is 3.15. The van der Waals surface area contributed by atoms with Gasteiger partial charge in [-0.25, -0.2) is 4.99 Å². The number of hydrogen-bond acceptors (Lipinski definition) is 5. The van der Waals surface area contributed by atoms with Gasteiger partial charge in [-0.15, -0.1) is 24.0 Å². The predicted octanol–water partition coefficient (Wildman–Crippen LogP) is 1.08. The van der Waals surface area contributed by atoms with Gasteiger partial charge in [0.15, 0.2) is 5.96 Å². The molecule has 0 radical (unpaired) electrons. The molecule has 0 aromatic carbocycles. The zero-order valence-electron chi connectivity index (χ0n) is 14.5. The molecule has 1 amide bonds. The summed E-state index contributed by atoms with van der Waals surface area (Å²) in [5.74, 6) is 0.987. The highest BCUT2D eigenvalue weighted by Gasteiger charge is 2.30. The molecular formula is C16H26IN5O3. The molecule has 3 heterocycles. The van der Waals surface area contributed by atoms with E-state index in [-0.39, 0.29) is 36.0 Å². The lowest BCUT2D eigenvalue weighted by Gasteiger charge is -2.37. The largest absolute Gasteiger partial charge is 0.368 e. The molecule has 1 aromatic rings. The molecule has 0 spiro atoms. The molecule has 0 aliphatic carbocycles. The zero-order chi connectivity index (χ0) is 16.8. The van der Waals surface area contributed by atoms with Gasteiger partial charge in [-0.3, -0.25) is 4.79 Å². The Morgan fingerprint density at radius 2 is 2.12 bits per heavy atom. The minimum absolute atomic E-state index is 0. The number of carbonyl (C=O) groups is 1. The van der Waals surface area contributed by atoms with E-state index in [1.165, 1.54) is 0 Å². The van der Waals surface area contributed by atoms with Crippen LogP contribution in [0.1, 0.15) is 25.5 Å². The van der Waals surface area contributed by atoms with Gasteiger partial charge >= 0.3 is 0 Å². The summed E-state index contributed by atoms with van der Waals surface area (Å²) in [4.78, 5) is 21.1. The van der Waals surface area contributed by atoms with Crippen LogP contribution in [0.3, 0.4) is 0 Å². The lowest BCUT2D eigenvalue weighted by atomic mass is 10.2. The molecule has 2 fully saturated rings. The Morgan fingerprint density at radius 3 is 2.72 bits per heavy atom. The van der Waals surface area contributed by atoms with Crippen molar-refractivity contribution in [2.45, 2.75) is 32.4 Å². The second-order valence-electron chi connectivity index (χ2n) is 5.97. The molecule has 1 atom stereocenters. The first-order chi connectivity index (χ1) is 11.8. The standard InChI is InChI=1S/C16H25N5O3.HI/c1-2-17-16(18-12-13-5-11-24-19-13)21-8-6-20(7-9-21)15(22)14-4-3-10-23-14;/h5,11,14H,2-4,6-10,12H2,1H3,(H,17,18);1H. The summed E-state index contributed by atoms with van der Waals surface area (Å²) < 4.78 is 10.3. The first-order valence-electron chi connectivity index (χ1n) is 8.61. The summed E-state index contributed by atoms with van der Waals surface area (Å²) >= 11 is 0. The average molecular weight is 463 g/mol. The van der Waals surface area contributed by atoms with Crippen LogP contribution < -0.4 is 5.32 Å². The zero-order valence-corrected chi connectivity index (χ0v) is 16.8. The maximum absolute atomic E-state index is 12.4. The highest BCUT2D eigenvalue weighted by molar-refractivity contribution is 14.0. The Balaban J connectivity index is 0.00000225. The number of nitrogens with zero attached hydrogens (tertiary/aromatic N) is 4. The number of hydrogen-bond donors (Lipinski definition) is 1. The van der Waals surface area contributed by atoms with Gasteiger partial charge in [-0.2, -0.15) is 0 Å².